The number of carbonyl (C=O) groups is 1. The molecule has 1 heterocycles. The summed E-state index contributed by atoms with van der Waals surface area (Å²) in [6.45, 7) is 8.25. The van der Waals surface area contributed by atoms with Crippen molar-refractivity contribution in [2.24, 2.45) is 17.3 Å². The first-order valence-corrected chi connectivity index (χ1v) is 4.79. The van der Waals surface area contributed by atoms with Gasteiger partial charge in [0.15, 0.2) is 0 Å². The van der Waals surface area contributed by atoms with Gasteiger partial charge in [-0.05, 0) is 11.3 Å². The maximum absolute atomic E-state index is 11.6. The molecule has 0 radical (unpaired) electrons. The molecule has 0 aromatic carbocycles. The van der Waals surface area contributed by atoms with E-state index in [-0.39, 0.29) is 35.8 Å². The average Bonchev–Trinajstić information content (AvgIpc) is 2.24. The zero-order valence-electron chi connectivity index (χ0n) is 8.79. The molecule has 3 nitrogen and oxygen atoms in total. The Hall–Kier alpha value is -0.570. The maximum atomic E-state index is 11.6. The van der Waals surface area contributed by atoms with Gasteiger partial charge in [-0.15, -0.1) is 0 Å². The molecule has 0 aromatic rings. The summed E-state index contributed by atoms with van der Waals surface area (Å²) in [6.07, 6.45) is 0. The van der Waals surface area contributed by atoms with Gasteiger partial charge in [0, 0.05) is 5.92 Å². The minimum atomic E-state index is -0.0586. The standard InChI is InChI=1S/C10H19NO2/c1-6-7(5-12)11-9(13)8(6)10(2,3)4/h6-8,12H,5H2,1-4H3,(H,11,13)/t6-,7-,8-/m1/s1. The Morgan fingerprint density at radius 3 is 2.23 bits per heavy atom. The fourth-order valence-electron chi connectivity index (χ4n) is 2.27. The summed E-state index contributed by atoms with van der Waals surface area (Å²) in [5.74, 6) is 0.321. The van der Waals surface area contributed by atoms with E-state index < -0.39 is 0 Å². The summed E-state index contributed by atoms with van der Waals surface area (Å²) in [5.41, 5.74) is -0.0204. The molecule has 0 spiro atoms. The van der Waals surface area contributed by atoms with Crippen LogP contribution >= 0.6 is 0 Å². The summed E-state index contributed by atoms with van der Waals surface area (Å²) in [5, 5.41) is 11.8. The van der Waals surface area contributed by atoms with Crippen molar-refractivity contribution in [3.8, 4) is 0 Å². The lowest BCUT2D eigenvalue weighted by atomic mass is 9.74. The topological polar surface area (TPSA) is 49.3 Å². The Kier molecular flexibility index (Phi) is 2.66. The monoisotopic (exact) mass is 185 g/mol. The minimum Gasteiger partial charge on any atom is -0.394 e. The molecule has 2 N–H and O–H groups in total. The van der Waals surface area contributed by atoms with Gasteiger partial charge in [0.1, 0.15) is 0 Å². The van der Waals surface area contributed by atoms with Crippen molar-refractivity contribution in [2.45, 2.75) is 33.7 Å². The predicted octanol–water partition coefficient (Wildman–Crippen LogP) is 0.775. The van der Waals surface area contributed by atoms with Gasteiger partial charge in [-0.1, -0.05) is 27.7 Å². The Labute approximate surface area is 79.5 Å². The Morgan fingerprint density at radius 1 is 1.46 bits per heavy atom. The number of nitrogens with one attached hydrogen (secondary N) is 1. The summed E-state index contributed by atoms with van der Waals surface area (Å²) in [7, 11) is 0. The van der Waals surface area contributed by atoms with E-state index in [0.717, 1.165) is 0 Å². The fourth-order valence-corrected chi connectivity index (χ4v) is 2.27. The lowest BCUT2D eigenvalue weighted by molar-refractivity contribution is -0.126. The molecule has 0 aromatic heterocycles. The van der Waals surface area contributed by atoms with E-state index in [2.05, 4.69) is 26.1 Å². The second-order valence-electron chi connectivity index (χ2n) is 5.00. The molecule has 1 fully saturated rings. The Bertz CT molecular complexity index is 207. The van der Waals surface area contributed by atoms with Gasteiger partial charge < -0.3 is 10.4 Å². The van der Waals surface area contributed by atoms with Gasteiger partial charge >= 0.3 is 0 Å². The average molecular weight is 185 g/mol. The summed E-state index contributed by atoms with van der Waals surface area (Å²) in [4.78, 5) is 11.6. The van der Waals surface area contributed by atoms with Crippen molar-refractivity contribution in [3.05, 3.63) is 0 Å². The highest BCUT2D eigenvalue weighted by Crippen LogP contribution is 2.37. The summed E-state index contributed by atoms with van der Waals surface area (Å²) >= 11 is 0. The van der Waals surface area contributed by atoms with E-state index in [9.17, 15) is 4.79 Å². The number of aliphatic hydroxyl groups is 1. The smallest absolute Gasteiger partial charge is 0.224 e. The van der Waals surface area contributed by atoms with Crippen LogP contribution in [0.25, 0.3) is 0 Å². The number of amides is 1. The van der Waals surface area contributed by atoms with Crippen LogP contribution in [0, 0.1) is 17.3 Å². The fraction of sp³-hybridized carbons (Fsp3) is 0.900. The predicted molar refractivity (Wildman–Crippen MR) is 51.1 cm³/mol. The molecule has 1 aliphatic heterocycles. The molecule has 3 heteroatoms. The third-order valence-corrected chi connectivity index (χ3v) is 2.90. The quantitative estimate of drug-likeness (QED) is 0.634. The van der Waals surface area contributed by atoms with Crippen LogP contribution in [-0.2, 0) is 4.79 Å². The van der Waals surface area contributed by atoms with Crippen LogP contribution < -0.4 is 5.32 Å². The molecule has 1 rings (SSSR count). The van der Waals surface area contributed by atoms with Crippen LogP contribution in [0.1, 0.15) is 27.7 Å². The van der Waals surface area contributed by atoms with Crippen LogP contribution in [0.3, 0.4) is 0 Å². The van der Waals surface area contributed by atoms with E-state index in [4.69, 9.17) is 5.11 Å². The first-order chi connectivity index (χ1) is 5.88. The van der Waals surface area contributed by atoms with Crippen molar-refractivity contribution in [1.29, 1.82) is 0 Å². The van der Waals surface area contributed by atoms with Gasteiger partial charge in [-0.3, -0.25) is 4.79 Å². The second kappa shape index (κ2) is 3.29. The van der Waals surface area contributed by atoms with Crippen molar-refractivity contribution >= 4 is 5.91 Å². The number of hydrogen-bond acceptors (Lipinski definition) is 2. The highest BCUT2D eigenvalue weighted by molar-refractivity contribution is 5.82. The summed E-state index contributed by atoms with van der Waals surface area (Å²) in [6, 6.07) is -0.0586. The van der Waals surface area contributed by atoms with Crippen LogP contribution in [0.5, 0.6) is 0 Å². The van der Waals surface area contributed by atoms with Gasteiger partial charge in [-0.2, -0.15) is 0 Å². The van der Waals surface area contributed by atoms with Crippen molar-refractivity contribution in [3.63, 3.8) is 0 Å². The normalized spacial score (nSPS) is 34.8. The first kappa shape index (κ1) is 10.5. The third kappa shape index (κ3) is 1.85. The van der Waals surface area contributed by atoms with E-state index in [1.54, 1.807) is 0 Å². The molecule has 1 amide bonds. The first-order valence-electron chi connectivity index (χ1n) is 4.79. The van der Waals surface area contributed by atoms with Crippen LogP contribution in [0.2, 0.25) is 0 Å². The van der Waals surface area contributed by atoms with Crippen LogP contribution in [0.15, 0.2) is 0 Å². The number of hydrogen-bond donors (Lipinski definition) is 2. The third-order valence-electron chi connectivity index (χ3n) is 2.90. The van der Waals surface area contributed by atoms with Gasteiger partial charge in [-0.25, -0.2) is 0 Å². The Morgan fingerprint density at radius 2 is 2.00 bits per heavy atom. The van der Waals surface area contributed by atoms with E-state index >= 15 is 0 Å². The van der Waals surface area contributed by atoms with Crippen molar-refractivity contribution < 1.29 is 9.90 Å². The van der Waals surface area contributed by atoms with Gasteiger partial charge in [0.25, 0.3) is 0 Å². The molecule has 3 atom stereocenters. The lowest BCUT2D eigenvalue weighted by Crippen LogP contribution is -2.31. The van der Waals surface area contributed by atoms with E-state index in [1.165, 1.54) is 0 Å². The molecule has 76 valence electrons. The highest BCUT2D eigenvalue weighted by Gasteiger charge is 2.44. The Balaban J connectivity index is 2.82. The molecule has 0 bridgehead atoms. The number of carbonyl (C=O) groups excluding carboxylic acids is 1. The van der Waals surface area contributed by atoms with Crippen molar-refractivity contribution in [2.75, 3.05) is 6.61 Å². The van der Waals surface area contributed by atoms with Gasteiger partial charge in [0.2, 0.25) is 5.91 Å². The molecule has 1 saturated heterocycles. The zero-order valence-corrected chi connectivity index (χ0v) is 8.79. The largest absolute Gasteiger partial charge is 0.394 e. The van der Waals surface area contributed by atoms with E-state index in [1.807, 2.05) is 6.92 Å². The van der Waals surface area contributed by atoms with Gasteiger partial charge in [0.05, 0.1) is 12.6 Å². The second-order valence-corrected chi connectivity index (χ2v) is 5.00. The summed E-state index contributed by atoms with van der Waals surface area (Å²) < 4.78 is 0. The molecular formula is C10H19NO2. The molecule has 13 heavy (non-hydrogen) atoms. The van der Waals surface area contributed by atoms with Crippen LogP contribution in [-0.4, -0.2) is 23.7 Å². The molecule has 0 unspecified atom stereocenters. The minimum absolute atomic E-state index is 0.0182. The van der Waals surface area contributed by atoms with Crippen LogP contribution in [0.4, 0.5) is 0 Å². The van der Waals surface area contributed by atoms with E-state index in [0.29, 0.717) is 0 Å². The van der Waals surface area contributed by atoms with Crippen molar-refractivity contribution in [1.82, 2.24) is 5.32 Å². The highest BCUT2D eigenvalue weighted by atomic mass is 16.3. The lowest BCUT2D eigenvalue weighted by Gasteiger charge is -2.28. The molecule has 1 aliphatic rings. The zero-order chi connectivity index (χ0) is 10.2. The number of aliphatic hydroxyl groups excluding tert-OH is 1. The number of rotatable bonds is 1. The SMILES string of the molecule is C[C@@H]1[C@@H](CO)NC(=O)[C@@H]1C(C)(C)C. The molecule has 0 saturated carbocycles. The molecule has 0 aliphatic carbocycles. The maximum Gasteiger partial charge on any atom is 0.224 e. The molecular weight excluding hydrogens is 166 g/mol.